The maximum atomic E-state index is 12.6. The first kappa shape index (κ1) is 22.1. The van der Waals surface area contributed by atoms with Crippen molar-refractivity contribution in [3.05, 3.63) is 59.4 Å². The number of amides is 1. The Balaban J connectivity index is 1.98. The van der Waals surface area contributed by atoms with E-state index in [0.717, 1.165) is 5.56 Å². The number of rotatable bonds is 7. The molecule has 1 aromatic heterocycles. The first-order valence-electron chi connectivity index (χ1n) is 10.1. The SMILES string of the molecule is COc1cccc(-n2cc(C(=O)O)c3c2C(c2cc(OC)c(OC)c(OC)c2)CC(=O)N3)c1. The highest BCUT2D eigenvalue weighted by molar-refractivity contribution is 6.04. The summed E-state index contributed by atoms with van der Waals surface area (Å²) in [5.74, 6) is 0.0388. The Hall–Kier alpha value is -4.14. The Morgan fingerprint density at radius 3 is 2.30 bits per heavy atom. The molecule has 2 N–H and O–H groups in total. The number of carbonyl (C=O) groups excluding carboxylic acids is 1. The molecule has 9 heteroatoms. The number of fused-ring (bicyclic) bond motifs is 1. The minimum absolute atomic E-state index is 0.00156. The number of hydrogen-bond acceptors (Lipinski definition) is 6. The van der Waals surface area contributed by atoms with Gasteiger partial charge in [0.05, 0.1) is 39.8 Å². The molecular formula is C24H24N2O7. The van der Waals surface area contributed by atoms with Crippen molar-refractivity contribution in [2.24, 2.45) is 0 Å². The number of carbonyl (C=O) groups is 2. The Bertz CT molecular complexity index is 1210. The van der Waals surface area contributed by atoms with Crippen LogP contribution in [0.25, 0.3) is 5.69 Å². The van der Waals surface area contributed by atoms with Gasteiger partial charge in [0.2, 0.25) is 11.7 Å². The highest BCUT2D eigenvalue weighted by atomic mass is 16.5. The van der Waals surface area contributed by atoms with Gasteiger partial charge in [0.1, 0.15) is 11.3 Å². The number of ether oxygens (including phenoxy) is 4. The number of anilines is 1. The summed E-state index contributed by atoms with van der Waals surface area (Å²) >= 11 is 0. The number of nitrogens with zero attached hydrogens (tertiary/aromatic N) is 1. The monoisotopic (exact) mass is 452 g/mol. The third kappa shape index (κ3) is 3.82. The molecular weight excluding hydrogens is 428 g/mol. The lowest BCUT2D eigenvalue weighted by atomic mass is 9.87. The number of benzene rings is 2. The van der Waals surface area contributed by atoms with E-state index in [4.69, 9.17) is 18.9 Å². The van der Waals surface area contributed by atoms with E-state index in [-0.39, 0.29) is 23.6 Å². The van der Waals surface area contributed by atoms with Gasteiger partial charge in [0, 0.05) is 30.3 Å². The minimum atomic E-state index is -1.14. The first-order valence-corrected chi connectivity index (χ1v) is 10.1. The number of carboxylic acid groups (broad SMARTS) is 1. The zero-order valence-electron chi connectivity index (χ0n) is 18.7. The van der Waals surface area contributed by atoms with E-state index in [1.807, 2.05) is 12.1 Å². The van der Waals surface area contributed by atoms with Gasteiger partial charge in [-0.1, -0.05) is 6.07 Å². The van der Waals surface area contributed by atoms with Crippen LogP contribution in [-0.2, 0) is 4.79 Å². The molecule has 0 fully saturated rings. The number of aromatic carboxylic acids is 1. The third-order valence-electron chi connectivity index (χ3n) is 5.68. The van der Waals surface area contributed by atoms with Crippen LogP contribution >= 0.6 is 0 Å². The summed E-state index contributed by atoms with van der Waals surface area (Å²) in [7, 11) is 6.11. The topological polar surface area (TPSA) is 108 Å². The lowest BCUT2D eigenvalue weighted by Gasteiger charge is -2.27. The maximum absolute atomic E-state index is 12.6. The van der Waals surface area contributed by atoms with Gasteiger partial charge in [0.25, 0.3) is 0 Å². The number of aromatic nitrogens is 1. The van der Waals surface area contributed by atoms with E-state index >= 15 is 0 Å². The van der Waals surface area contributed by atoms with Gasteiger partial charge in [-0.2, -0.15) is 0 Å². The predicted molar refractivity (Wildman–Crippen MR) is 120 cm³/mol. The molecule has 33 heavy (non-hydrogen) atoms. The molecule has 0 saturated heterocycles. The molecule has 0 spiro atoms. The molecule has 1 aliphatic heterocycles. The molecule has 1 atom stereocenters. The molecule has 0 bridgehead atoms. The molecule has 1 unspecified atom stereocenters. The van der Waals surface area contributed by atoms with Crippen LogP contribution in [0.4, 0.5) is 5.69 Å². The molecule has 2 aromatic carbocycles. The molecule has 2 heterocycles. The van der Waals surface area contributed by atoms with Crippen molar-refractivity contribution < 1.29 is 33.6 Å². The second kappa shape index (κ2) is 8.78. The van der Waals surface area contributed by atoms with Crippen LogP contribution in [-0.4, -0.2) is 50.0 Å². The van der Waals surface area contributed by atoms with Crippen LogP contribution in [0.2, 0.25) is 0 Å². The molecule has 0 saturated carbocycles. The molecule has 0 radical (unpaired) electrons. The van der Waals surface area contributed by atoms with Crippen molar-refractivity contribution in [2.75, 3.05) is 33.8 Å². The second-order valence-corrected chi connectivity index (χ2v) is 7.44. The largest absolute Gasteiger partial charge is 0.497 e. The lowest BCUT2D eigenvalue weighted by Crippen LogP contribution is -2.25. The summed E-state index contributed by atoms with van der Waals surface area (Å²) in [5.41, 5.74) is 2.32. The van der Waals surface area contributed by atoms with Gasteiger partial charge in [-0.05, 0) is 29.8 Å². The summed E-state index contributed by atoms with van der Waals surface area (Å²) in [4.78, 5) is 24.7. The molecule has 172 valence electrons. The van der Waals surface area contributed by atoms with Crippen LogP contribution < -0.4 is 24.3 Å². The van der Waals surface area contributed by atoms with Crippen LogP contribution in [0.1, 0.15) is 34.0 Å². The zero-order valence-corrected chi connectivity index (χ0v) is 18.7. The molecule has 4 rings (SSSR count). The summed E-state index contributed by atoms with van der Waals surface area (Å²) in [6.45, 7) is 0. The Morgan fingerprint density at radius 2 is 1.73 bits per heavy atom. The second-order valence-electron chi connectivity index (χ2n) is 7.44. The summed E-state index contributed by atoms with van der Waals surface area (Å²) in [6, 6.07) is 10.8. The van der Waals surface area contributed by atoms with Gasteiger partial charge in [-0.25, -0.2) is 4.79 Å². The minimum Gasteiger partial charge on any atom is -0.497 e. The smallest absolute Gasteiger partial charge is 0.339 e. The summed E-state index contributed by atoms with van der Waals surface area (Å²) in [6.07, 6.45) is 1.62. The Kier molecular flexibility index (Phi) is 5.87. The highest BCUT2D eigenvalue weighted by Gasteiger charge is 2.35. The van der Waals surface area contributed by atoms with Gasteiger partial charge in [0.15, 0.2) is 11.5 Å². The fourth-order valence-corrected chi connectivity index (χ4v) is 4.18. The van der Waals surface area contributed by atoms with E-state index in [9.17, 15) is 14.7 Å². The van der Waals surface area contributed by atoms with Gasteiger partial charge >= 0.3 is 5.97 Å². The standard InChI is InChI=1S/C24H24N2O7/c1-30-15-7-5-6-14(10-15)26-12-17(24(28)29)21-22(26)16(11-20(27)25-21)13-8-18(31-2)23(33-4)19(9-13)32-3/h5-10,12,16H,11H2,1-4H3,(H,25,27)(H,28,29). The highest BCUT2D eigenvalue weighted by Crippen LogP contribution is 2.46. The maximum Gasteiger partial charge on any atom is 0.339 e. The number of carboxylic acids is 1. The van der Waals surface area contributed by atoms with Gasteiger partial charge in [-0.3, -0.25) is 4.79 Å². The van der Waals surface area contributed by atoms with Crippen molar-refractivity contribution in [1.29, 1.82) is 0 Å². The van der Waals surface area contributed by atoms with Crippen molar-refractivity contribution in [2.45, 2.75) is 12.3 Å². The molecule has 0 aliphatic carbocycles. The van der Waals surface area contributed by atoms with Crippen molar-refractivity contribution >= 4 is 17.6 Å². The van der Waals surface area contributed by atoms with E-state index in [1.54, 1.807) is 35.9 Å². The normalized spacial score (nSPS) is 14.8. The van der Waals surface area contributed by atoms with E-state index in [1.165, 1.54) is 27.5 Å². The van der Waals surface area contributed by atoms with Gasteiger partial charge < -0.3 is 33.9 Å². The van der Waals surface area contributed by atoms with Crippen LogP contribution in [0.5, 0.6) is 23.0 Å². The van der Waals surface area contributed by atoms with E-state index in [2.05, 4.69) is 5.32 Å². The number of methoxy groups -OCH3 is 4. The van der Waals surface area contributed by atoms with Crippen molar-refractivity contribution in [1.82, 2.24) is 4.57 Å². The Labute approximate surface area is 190 Å². The van der Waals surface area contributed by atoms with Crippen LogP contribution in [0.15, 0.2) is 42.6 Å². The zero-order chi connectivity index (χ0) is 23.7. The van der Waals surface area contributed by atoms with Crippen LogP contribution in [0.3, 0.4) is 0 Å². The van der Waals surface area contributed by atoms with E-state index < -0.39 is 11.9 Å². The van der Waals surface area contributed by atoms with Crippen LogP contribution in [0, 0.1) is 0 Å². The van der Waals surface area contributed by atoms with Gasteiger partial charge in [-0.15, -0.1) is 0 Å². The average Bonchev–Trinajstić information content (AvgIpc) is 3.22. The fraction of sp³-hybridized carbons (Fsp3) is 0.250. The first-order chi connectivity index (χ1) is 15.9. The number of hydrogen-bond donors (Lipinski definition) is 2. The molecule has 1 amide bonds. The summed E-state index contributed by atoms with van der Waals surface area (Å²) < 4.78 is 23.5. The molecule has 1 aliphatic rings. The average molecular weight is 452 g/mol. The number of nitrogens with one attached hydrogen (secondary N) is 1. The Morgan fingerprint density at radius 1 is 1.03 bits per heavy atom. The summed E-state index contributed by atoms with van der Waals surface area (Å²) in [5, 5.41) is 12.6. The predicted octanol–water partition coefficient (Wildman–Crippen LogP) is 3.68. The third-order valence-corrected chi connectivity index (χ3v) is 5.68. The molecule has 3 aromatic rings. The van der Waals surface area contributed by atoms with Crippen molar-refractivity contribution in [3.63, 3.8) is 0 Å². The molecule has 9 nitrogen and oxygen atoms in total. The van der Waals surface area contributed by atoms with E-state index in [0.29, 0.717) is 34.4 Å². The lowest BCUT2D eigenvalue weighted by molar-refractivity contribution is -0.116. The fourth-order valence-electron chi connectivity index (χ4n) is 4.18. The quantitative estimate of drug-likeness (QED) is 0.563. The van der Waals surface area contributed by atoms with Crippen molar-refractivity contribution in [3.8, 4) is 28.7 Å².